The van der Waals surface area contributed by atoms with Crippen LogP contribution in [0.25, 0.3) is 0 Å². The van der Waals surface area contributed by atoms with Crippen molar-refractivity contribution in [2.45, 2.75) is 19.1 Å². The Balaban J connectivity index is 1.53. The lowest BCUT2D eigenvalue weighted by Gasteiger charge is -2.27. The van der Waals surface area contributed by atoms with E-state index in [4.69, 9.17) is 11.6 Å². The normalized spacial score (nSPS) is 15.5. The van der Waals surface area contributed by atoms with Gasteiger partial charge in [-0.3, -0.25) is 10.3 Å². The van der Waals surface area contributed by atoms with Crippen LogP contribution in [-0.4, -0.2) is 23.0 Å². The molecule has 0 aliphatic carbocycles. The number of nitrogens with zero attached hydrogens (tertiary/aromatic N) is 2. The second-order valence-corrected chi connectivity index (χ2v) is 6.41. The SMILES string of the molecule is FC(F)(F)c1cnc(NNC2=CCN(Cc3ccccc3)CC2)c(Cl)c1. The quantitative estimate of drug-likeness (QED) is 0.749. The van der Waals surface area contributed by atoms with Gasteiger partial charge in [-0.1, -0.05) is 41.9 Å². The number of hydrazine groups is 1. The molecular formula is C18H18ClF3N4. The van der Waals surface area contributed by atoms with E-state index in [-0.39, 0.29) is 10.8 Å². The molecule has 1 aliphatic heterocycles. The van der Waals surface area contributed by atoms with E-state index >= 15 is 0 Å². The molecule has 26 heavy (non-hydrogen) atoms. The van der Waals surface area contributed by atoms with Crippen molar-refractivity contribution in [3.8, 4) is 0 Å². The molecule has 1 aromatic carbocycles. The van der Waals surface area contributed by atoms with E-state index in [1.54, 1.807) is 0 Å². The Hall–Kier alpha value is -2.25. The molecule has 0 spiro atoms. The first-order valence-corrected chi connectivity index (χ1v) is 8.50. The summed E-state index contributed by atoms with van der Waals surface area (Å²) < 4.78 is 37.9. The molecule has 0 amide bonds. The molecule has 1 aliphatic rings. The topological polar surface area (TPSA) is 40.2 Å². The van der Waals surface area contributed by atoms with Crippen LogP contribution in [0.15, 0.2) is 54.4 Å². The monoisotopic (exact) mass is 382 g/mol. The molecule has 0 radical (unpaired) electrons. The Kier molecular flexibility index (Phi) is 5.68. The highest BCUT2D eigenvalue weighted by Gasteiger charge is 2.31. The van der Waals surface area contributed by atoms with Crippen molar-refractivity contribution in [3.05, 3.63) is 70.5 Å². The van der Waals surface area contributed by atoms with E-state index in [1.807, 2.05) is 24.3 Å². The van der Waals surface area contributed by atoms with E-state index in [9.17, 15) is 13.2 Å². The van der Waals surface area contributed by atoms with Crippen molar-refractivity contribution in [3.63, 3.8) is 0 Å². The second-order valence-electron chi connectivity index (χ2n) is 6.00. The largest absolute Gasteiger partial charge is 0.417 e. The number of halogens is 4. The lowest BCUT2D eigenvalue weighted by atomic mass is 10.1. The van der Waals surface area contributed by atoms with Gasteiger partial charge < -0.3 is 5.43 Å². The summed E-state index contributed by atoms with van der Waals surface area (Å²) in [5.41, 5.74) is 7.09. The zero-order valence-corrected chi connectivity index (χ0v) is 14.6. The Morgan fingerprint density at radius 1 is 1.15 bits per heavy atom. The van der Waals surface area contributed by atoms with Crippen LogP contribution in [0.1, 0.15) is 17.5 Å². The fraction of sp³-hybridized carbons (Fsp3) is 0.278. The van der Waals surface area contributed by atoms with Crippen molar-refractivity contribution in [1.29, 1.82) is 0 Å². The van der Waals surface area contributed by atoms with Crippen molar-refractivity contribution in [1.82, 2.24) is 15.3 Å². The molecule has 8 heteroatoms. The summed E-state index contributed by atoms with van der Waals surface area (Å²) in [6, 6.07) is 11.1. The summed E-state index contributed by atoms with van der Waals surface area (Å²) in [6.07, 6.45) is -0.876. The maximum absolute atomic E-state index is 12.6. The van der Waals surface area contributed by atoms with Gasteiger partial charge in [-0.25, -0.2) is 4.98 Å². The van der Waals surface area contributed by atoms with Crippen molar-refractivity contribution >= 4 is 17.4 Å². The summed E-state index contributed by atoms with van der Waals surface area (Å²) >= 11 is 5.87. The minimum atomic E-state index is -4.46. The summed E-state index contributed by atoms with van der Waals surface area (Å²) in [5, 5.41) is -0.0885. The maximum atomic E-state index is 12.6. The minimum Gasteiger partial charge on any atom is -0.304 e. The van der Waals surface area contributed by atoms with Crippen molar-refractivity contribution in [2.75, 3.05) is 18.5 Å². The molecule has 138 valence electrons. The van der Waals surface area contributed by atoms with Crippen LogP contribution in [0.4, 0.5) is 19.0 Å². The van der Waals surface area contributed by atoms with Crippen LogP contribution in [0.2, 0.25) is 5.02 Å². The fourth-order valence-electron chi connectivity index (χ4n) is 2.63. The molecule has 3 rings (SSSR count). The maximum Gasteiger partial charge on any atom is 0.417 e. The van der Waals surface area contributed by atoms with Gasteiger partial charge in [0.2, 0.25) is 0 Å². The molecular weight excluding hydrogens is 365 g/mol. The van der Waals surface area contributed by atoms with Crippen LogP contribution in [0, 0.1) is 0 Å². The standard InChI is InChI=1S/C18H18ClF3N4/c19-16-10-14(18(20,21)22)11-23-17(16)25-24-15-6-8-26(9-7-15)12-13-4-2-1-3-5-13/h1-6,10-11,24H,7-9,12H2,(H,23,25). The molecule has 0 bridgehead atoms. The van der Waals surface area contributed by atoms with Crippen LogP contribution < -0.4 is 10.9 Å². The van der Waals surface area contributed by atoms with Crippen LogP contribution in [0.5, 0.6) is 0 Å². The van der Waals surface area contributed by atoms with Gasteiger partial charge in [0.15, 0.2) is 5.82 Å². The molecule has 1 aromatic heterocycles. The first kappa shape index (κ1) is 18.5. The van der Waals surface area contributed by atoms with Gasteiger partial charge in [0.25, 0.3) is 0 Å². The Morgan fingerprint density at radius 3 is 2.54 bits per heavy atom. The van der Waals surface area contributed by atoms with Crippen molar-refractivity contribution < 1.29 is 13.2 Å². The van der Waals surface area contributed by atoms with Crippen LogP contribution >= 0.6 is 11.6 Å². The molecule has 0 fully saturated rings. The first-order chi connectivity index (χ1) is 12.4. The molecule has 0 saturated carbocycles. The van der Waals surface area contributed by atoms with E-state index in [0.717, 1.165) is 44.0 Å². The van der Waals surface area contributed by atoms with E-state index in [0.29, 0.717) is 0 Å². The van der Waals surface area contributed by atoms with E-state index in [1.165, 1.54) is 5.56 Å². The van der Waals surface area contributed by atoms with Gasteiger partial charge in [-0.2, -0.15) is 13.2 Å². The molecule has 0 saturated heterocycles. The molecule has 4 nitrogen and oxygen atoms in total. The average Bonchev–Trinajstić information content (AvgIpc) is 2.62. The Bertz CT molecular complexity index is 778. The predicted molar refractivity (Wildman–Crippen MR) is 95.4 cm³/mol. The van der Waals surface area contributed by atoms with Gasteiger partial charge in [0.05, 0.1) is 10.6 Å². The number of hydrogen-bond acceptors (Lipinski definition) is 4. The van der Waals surface area contributed by atoms with Gasteiger partial charge in [0.1, 0.15) is 0 Å². The average molecular weight is 383 g/mol. The molecule has 2 N–H and O–H groups in total. The number of rotatable bonds is 5. The highest BCUT2D eigenvalue weighted by molar-refractivity contribution is 6.32. The molecule has 2 aromatic rings. The number of hydrogen-bond donors (Lipinski definition) is 2. The summed E-state index contributed by atoms with van der Waals surface area (Å²) in [6.45, 7) is 2.54. The minimum absolute atomic E-state index is 0.0885. The molecule has 2 heterocycles. The number of pyridine rings is 1. The number of anilines is 1. The lowest BCUT2D eigenvalue weighted by Crippen LogP contribution is -2.33. The number of nitrogens with one attached hydrogen (secondary N) is 2. The molecule has 0 unspecified atom stereocenters. The van der Waals surface area contributed by atoms with E-state index < -0.39 is 11.7 Å². The highest BCUT2D eigenvalue weighted by atomic mass is 35.5. The predicted octanol–water partition coefficient (Wildman–Crippen LogP) is 4.46. The van der Waals surface area contributed by atoms with Gasteiger partial charge >= 0.3 is 6.18 Å². The zero-order valence-electron chi connectivity index (χ0n) is 13.9. The van der Waals surface area contributed by atoms with Gasteiger partial charge in [-0.15, -0.1) is 0 Å². The van der Waals surface area contributed by atoms with Crippen molar-refractivity contribution in [2.24, 2.45) is 0 Å². The van der Waals surface area contributed by atoms with Crippen LogP contribution in [-0.2, 0) is 12.7 Å². The van der Waals surface area contributed by atoms with Gasteiger partial charge in [-0.05, 0) is 17.7 Å². The van der Waals surface area contributed by atoms with Gasteiger partial charge in [0, 0.05) is 37.9 Å². The lowest BCUT2D eigenvalue weighted by molar-refractivity contribution is -0.137. The third-order valence-corrected chi connectivity index (χ3v) is 4.34. The fourth-order valence-corrected chi connectivity index (χ4v) is 2.85. The number of benzene rings is 1. The smallest absolute Gasteiger partial charge is 0.304 e. The molecule has 0 atom stereocenters. The Labute approximate surface area is 154 Å². The second kappa shape index (κ2) is 7.97. The third-order valence-electron chi connectivity index (χ3n) is 4.05. The summed E-state index contributed by atoms with van der Waals surface area (Å²) in [7, 11) is 0. The van der Waals surface area contributed by atoms with Crippen LogP contribution in [0.3, 0.4) is 0 Å². The highest BCUT2D eigenvalue weighted by Crippen LogP contribution is 2.32. The number of aromatic nitrogens is 1. The van der Waals surface area contributed by atoms with E-state index in [2.05, 4.69) is 32.9 Å². The Morgan fingerprint density at radius 2 is 1.92 bits per heavy atom. The summed E-state index contributed by atoms with van der Waals surface area (Å²) in [5.74, 6) is 0.160. The number of alkyl halides is 3. The first-order valence-electron chi connectivity index (χ1n) is 8.12. The third kappa shape index (κ3) is 4.89. The zero-order chi connectivity index (χ0) is 18.6. The summed E-state index contributed by atoms with van der Waals surface area (Å²) in [4.78, 5) is 6.05.